The van der Waals surface area contributed by atoms with E-state index in [1.165, 1.54) is 16.5 Å². The van der Waals surface area contributed by atoms with E-state index < -0.39 is 10.0 Å². The van der Waals surface area contributed by atoms with Crippen LogP contribution in [0.3, 0.4) is 0 Å². The molecule has 1 aromatic carbocycles. The molecule has 0 saturated heterocycles. The molecule has 0 fully saturated rings. The van der Waals surface area contributed by atoms with E-state index in [1.807, 2.05) is 6.92 Å². The van der Waals surface area contributed by atoms with Gasteiger partial charge in [-0.05, 0) is 60.5 Å². The van der Waals surface area contributed by atoms with Crippen LogP contribution in [0.2, 0.25) is 0 Å². The van der Waals surface area contributed by atoms with Gasteiger partial charge < -0.3 is 4.90 Å². The van der Waals surface area contributed by atoms with Gasteiger partial charge in [0, 0.05) is 29.7 Å². The summed E-state index contributed by atoms with van der Waals surface area (Å²) in [5.74, 6) is 0.0540. The Kier molecular flexibility index (Phi) is 4.38. The topological polar surface area (TPSA) is 83.7 Å². The second kappa shape index (κ2) is 6.45. The van der Waals surface area contributed by atoms with Crippen LogP contribution in [-0.2, 0) is 34.2 Å². The lowest BCUT2D eigenvalue weighted by Crippen LogP contribution is -2.44. The van der Waals surface area contributed by atoms with E-state index in [-0.39, 0.29) is 16.8 Å². The Labute approximate surface area is 157 Å². The SMILES string of the molecule is CC1Cc2cc(S(N)(=O)=O)ccc2N1C(=O)CN1CCc2sccc2C1. The van der Waals surface area contributed by atoms with Gasteiger partial charge in [0.15, 0.2) is 0 Å². The molecular formula is C18H21N3O3S2. The quantitative estimate of drug-likeness (QED) is 0.864. The van der Waals surface area contributed by atoms with Crippen molar-refractivity contribution in [1.29, 1.82) is 0 Å². The van der Waals surface area contributed by atoms with E-state index in [0.29, 0.717) is 13.0 Å². The molecule has 8 heteroatoms. The molecule has 138 valence electrons. The fourth-order valence-corrected chi connectivity index (χ4v) is 5.33. The largest absolute Gasteiger partial charge is 0.308 e. The van der Waals surface area contributed by atoms with Gasteiger partial charge in [-0.2, -0.15) is 0 Å². The Morgan fingerprint density at radius 2 is 2.12 bits per heavy atom. The number of rotatable bonds is 3. The maximum Gasteiger partial charge on any atom is 0.241 e. The Morgan fingerprint density at radius 3 is 2.88 bits per heavy atom. The average Bonchev–Trinajstić information content (AvgIpc) is 3.15. The summed E-state index contributed by atoms with van der Waals surface area (Å²) >= 11 is 1.78. The van der Waals surface area contributed by atoms with Gasteiger partial charge in [-0.25, -0.2) is 13.6 Å². The molecule has 2 N–H and O–H groups in total. The number of nitrogens with two attached hydrogens (primary N) is 1. The molecule has 0 spiro atoms. The Balaban J connectivity index is 1.53. The number of benzene rings is 1. The number of sulfonamides is 1. The number of thiophene rings is 1. The highest BCUT2D eigenvalue weighted by molar-refractivity contribution is 7.89. The van der Waals surface area contributed by atoms with Crippen LogP contribution in [0.25, 0.3) is 0 Å². The van der Waals surface area contributed by atoms with Gasteiger partial charge in [-0.3, -0.25) is 9.69 Å². The minimum Gasteiger partial charge on any atom is -0.308 e. The third-order valence-electron chi connectivity index (χ3n) is 5.11. The van der Waals surface area contributed by atoms with Gasteiger partial charge in [-0.15, -0.1) is 11.3 Å². The average molecular weight is 392 g/mol. The van der Waals surface area contributed by atoms with Crippen molar-refractivity contribution in [2.75, 3.05) is 18.0 Å². The van der Waals surface area contributed by atoms with Crippen molar-refractivity contribution < 1.29 is 13.2 Å². The van der Waals surface area contributed by atoms with E-state index in [2.05, 4.69) is 16.3 Å². The number of amides is 1. The number of hydrogen-bond acceptors (Lipinski definition) is 5. The lowest BCUT2D eigenvalue weighted by atomic mass is 10.1. The third kappa shape index (κ3) is 3.18. The predicted molar refractivity (Wildman–Crippen MR) is 102 cm³/mol. The first-order valence-electron chi connectivity index (χ1n) is 8.58. The van der Waals surface area contributed by atoms with Crippen LogP contribution in [0, 0.1) is 0 Å². The van der Waals surface area contributed by atoms with Crippen LogP contribution in [0.5, 0.6) is 0 Å². The van der Waals surface area contributed by atoms with Gasteiger partial charge >= 0.3 is 0 Å². The third-order valence-corrected chi connectivity index (χ3v) is 7.04. The molecule has 0 aliphatic carbocycles. The zero-order chi connectivity index (χ0) is 18.5. The zero-order valence-electron chi connectivity index (χ0n) is 14.5. The van der Waals surface area contributed by atoms with E-state index in [9.17, 15) is 13.2 Å². The van der Waals surface area contributed by atoms with Crippen molar-refractivity contribution in [1.82, 2.24) is 4.90 Å². The van der Waals surface area contributed by atoms with Crippen molar-refractivity contribution in [2.24, 2.45) is 5.14 Å². The number of nitrogens with zero attached hydrogens (tertiary/aromatic N) is 2. The Hall–Kier alpha value is -1.74. The number of carbonyl (C=O) groups excluding carboxylic acids is 1. The predicted octanol–water partition coefficient (Wildman–Crippen LogP) is 1.73. The molecule has 1 amide bonds. The molecule has 1 atom stereocenters. The van der Waals surface area contributed by atoms with Crippen LogP contribution >= 0.6 is 11.3 Å². The molecular weight excluding hydrogens is 370 g/mol. The lowest BCUT2D eigenvalue weighted by Gasteiger charge is -2.30. The molecule has 2 aliphatic rings. The molecule has 4 rings (SSSR count). The second-order valence-electron chi connectivity index (χ2n) is 6.98. The monoisotopic (exact) mass is 391 g/mol. The maximum atomic E-state index is 13.0. The van der Waals surface area contributed by atoms with Crippen molar-refractivity contribution in [3.05, 3.63) is 45.6 Å². The molecule has 1 unspecified atom stereocenters. The summed E-state index contributed by atoms with van der Waals surface area (Å²) in [4.78, 5) is 18.5. The first kappa shape index (κ1) is 17.7. The van der Waals surface area contributed by atoms with E-state index in [1.54, 1.807) is 28.4 Å². The van der Waals surface area contributed by atoms with Gasteiger partial charge in [0.25, 0.3) is 0 Å². The van der Waals surface area contributed by atoms with Crippen LogP contribution < -0.4 is 10.0 Å². The molecule has 2 aromatic rings. The van der Waals surface area contributed by atoms with Crippen LogP contribution in [-0.4, -0.2) is 38.4 Å². The first-order chi connectivity index (χ1) is 12.3. The minimum atomic E-state index is -3.74. The number of carbonyl (C=O) groups is 1. The van der Waals surface area contributed by atoms with Crippen LogP contribution in [0.15, 0.2) is 34.5 Å². The normalized spacial score (nSPS) is 20.1. The molecule has 2 aliphatic heterocycles. The van der Waals surface area contributed by atoms with Crippen molar-refractivity contribution >= 4 is 33.0 Å². The summed E-state index contributed by atoms with van der Waals surface area (Å²) in [6, 6.07) is 6.91. The fraction of sp³-hybridized carbons (Fsp3) is 0.389. The molecule has 3 heterocycles. The summed E-state index contributed by atoms with van der Waals surface area (Å²) in [6.07, 6.45) is 1.63. The smallest absolute Gasteiger partial charge is 0.241 e. The van der Waals surface area contributed by atoms with Crippen molar-refractivity contribution in [2.45, 2.75) is 37.2 Å². The van der Waals surface area contributed by atoms with Gasteiger partial charge in [0.1, 0.15) is 0 Å². The van der Waals surface area contributed by atoms with Crippen LogP contribution in [0.4, 0.5) is 5.69 Å². The summed E-state index contributed by atoms with van der Waals surface area (Å²) in [5, 5.41) is 7.33. The summed E-state index contributed by atoms with van der Waals surface area (Å²) in [5.41, 5.74) is 2.97. The fourth-order valence-electron chi connectivity index (χ4n) is 3.87. The lowest BCUT2D eigenvalue weighted by molar-refractivity contribution is -0.120. The highest BCUT2D eigenvalue weighted by Crippen LogP contribution is 2.34. The number of anilines is 1. The number of fused-ring (bicyclic) bond motifs is 2. The van der Waals surface area contributed by atoms with E-state index in [0.717, 1.165) is 30.8 Å². The van der Waals surface area contributed by atoms with Gasteiger partial charge in [0.2, 0.25) is 15.9 Å². The van der Waals surface area contributed by atoms with Crippen LogP contribution in [0.1, 0.15) is 22.9 Å². The van der Waals surface area contributed by atoms with E-state index >= 15 is 0 Å². The molecule has 0 radical (unpaired) electrons. The highest BCUT2D eigenvalue weighted by Gasteiger charge is 2.33. The Bertz CT molecular complexity index is 968. The summed E-state index contributed by atoms with van der Waals surface area (Å²) < 4.78 is 23.1. The highest BCUT2D eigenvalue weighted by atomic mass is 32.2. The first-order valence-corrected chi connectivity index (χ1v) is 11.0. The summed E-state index contributed by atoms with van der Waals surface area (Å²) in [6.45, 7) is 4.06. The van der Waals surface area contributed by atoms with Crippen molar-refractivity contribution in [3.8, 4) is 0 Å². The second-order valence-corrected chi connectivity index (χ2v) is 9.54. The molecule has 0 bridgehead atoms. The zero-order valence-corrected chi connectivity index (χ0v) is 16.1. The van der Waals surface area contributed by atoms with Crippen molar-refractivity contribution in [3.63, 3.8) is 0 Å². The summed E-state index contributed by atoms with van der Waals surface area (Å²) in [7, 11) is -3.74. The van der Waals surface area contributed by atoms with E-state index in [4.69, 9.17) is 5.14 Å². The van der Waals surface area contributed by atoms with Gasteiger partial charge in [0.05, 0.1) is 11.4 Å². The minimum absolute atomic E-state index is 0.00901. The number of hydrogen-bond donors (Lipinski definition) is 1. The maximum absolute atomic E-state index is 13.0. The Morgan fingerprint density at radius 1 is 1.31 bits per heavy atom. The standard InChI is InChI=1S/C18H21N3O3S2/c1-12-8-14-9-15(26(19,23)24)2-3-16(14)21(12)18(22)11-20-6-4-17-13(10-20)5-7-25-17/h2-3,5,7,9,12H,4,6,8,10-11H2,1H3,(H2,19,23,24). The number of primary sulfonamides is 1. The molecule has 26 heavy (non-hydrogen) atoms. The van der Waals surface area contributed by atoms with Gasteiger partial charge in [-0.1, -0.05) is 0 Å². The molecule has 1 aromatic heterocycles. The molecule has 0 saturated carbocycles. The molecule has 6 nitrogen and oxygen atoms in total.